The van der Waals surface area contributed by atoms with Gasteiger partial charge in [0.05, 0.1) is 0 Å². The number of ether oxygens (including phenoxy) is 6. The minimum atomic E-state index is -0.861. The first-order valence-corrected chi connectivity index (χ1v) is 17.8. The average Bonchev–Trinajstić information content (AvgIpc) is 3.79. The maximum absolute atomic E-state index is 12.4. The van der Waals surface area contributed by atoms with E-state index in [-0.39, 0.29) is 47.5 Å². The zero-order valence-corrected chi connectivity index (χ0v) is 27.0. The summed E-state index contributed by atoms with van der Waals surface area (Å²) in [5.41, 5.74) is 0. The Morgan fingerprint density at radius 2 is 1.05 bits per heavy atom. The maximum atomic E-state index is 12.4. The summed E-state index contributed by atoms with van der Waals surface area (Å²) < 4.78 is 33.0. The zero-order chi connectivity index (χ0) is 31.3. The molecule has 0 saturated carbocycles. The molecule has 0 radical (unpaired) electrons. The van der Waals surface area contributed by atoms with Crippen LogP contribution in [0.5, 0.6) is 11.5 Å². The molecule has 2 aromatic rings. The van der Waals surface area contributed by atoms with Crippen LogP contribution in [0.2, 0.25) is 0 Å². The molecule has 2 aromatic carbocycles. The first-order valence-electron chi connectivity index (χ1n) is 13.6. The predicted molar refractivity (Wildman–Crippen MR) is 174 cm³/mol. The number of esters is 4. The molecule has 2 atom stereocenters. The van der Waals surface area contributed by atoms with E-state index >= 15 is 0 Å². The van der Waals surface area contributed by atoms with Gasteiger partial charge in [-0.25, -0.2) is 19.2 Å². The Labute approximate surface area is 272 Å². The zero-order valence-electron chi connectivity index (χ0n) is 23.7. The Kier molecular flexibility index (Phi) is 13.5. The summed E-state index contributed by atoms with van der Waals surface area (Å²) in [6.07, 6.45) is 0.345. The Hall–Kier alpha value is -2.94. The maximum Gasteiger partial charge on any atom is 0.330 e. The summed E-state index contributed by atoms with van der Waals surface area (Å²) in [5, 5.41) is 1.41. The number of hydrogen-bond acceptors (Lipinski definition) is 14. The highest BCUT2D eigenvalue weighted by Crippen LogP contribution is 2.34. The fourth-order valence-corrected chi connectivity index (χ4v) is 9.14. The highest BCUT2D eigenvalue weighted by Gasteiger charge is 2.28. The molecular weight excluding hydrogens is 649 g/mol. The summed E-state index contributed by atoms with van der Waals surface area (Å²) in [6, 6.07) is 10.7. The van der Waals surface area contributed by atoms with Gasteiger partial charge in [0.25, 0.3) is 0 Å². The smallest absolute Gasteiger partial charge is 0.330 e. The molecule has 0 spiro atoms. The highest BCUT2D eigenvalue weighted by atomic mass is 32.2. The Morgan fingerprint density at radius 3 is 1.41 bits per heavy atom. The van der Waals surface area contributed by atoms with Crippen LogP contribution in [-0.4, -0.2) is 94.7 Å². The molecule has 44 heavy (non-hydrogen) atoms. The number of hydrogen-bond donors (Lipinski definition) is 0. The van der Waals surface area contributed by atoms with Crippen molar-refractivity contribution in [1.29, 1.82) is 0 Å². The van der Waals surface area contributed by atoms with Gasteiger partial charge in [-0.3, -0.25) is 0 Å². The third-order valence-electron chi connectivity index (χ3n) is 6.04. The standard InChI is InChI=1S/C30H32O10S4/c1-3-25(31)39-19(17-37-27(33)29-41-11-12-42-29)15-35-23-9-5-8-22-21(23)7-6-10-24(22)36-16-20(40-26(32)4-2)18-38-28(34)30-43-13-14-44-30/h3-10,19-20,29-30H,1-2,11-18H2. The Balaban J connectivity index is 1.40. The van der Waals surface area contributed by atoms with Crippen LogP contribution in [0, 0.1) is 0 Å². The third kappa shape index (κ3) is 10.0. The quantitative estimate of drug-likeness (QED) is 0.141. The fraction of sp³-hybridized carbons (Fsp3) is 0.400. The highest BCUT2D eigenvalue weighted by molar-refractivity contribution is 8.21. The van der Waals surface area contributed by atoms with E-state index in [0.29, 0.717) is 22.3 Å². The number of carbonyl (C=O) groups excluding carboxylic acids is 4. The van der Waals surface area contributed by atoms with Crippen molar-refractivity contribution < 1.29 is 47.6 Å². The number of carbonyl (C=O) groups is 4. The van der Waals surface area contributed by atoms with Gasteiger partial charge in [-0.05, 0) is 12.1 Å². The molecule has 0 bridgehead atoms. The van der Waals surface area contributed by atoms with Gasteiger partial charge in [-0.15, -0.1) is 47.0 Å². The van der Waals surface area contributed by atoms with Gasteiger partial charge in [0, 0.05) is 45.9 Å². The summed E-state index contributed by atoms with van der Waals surface area (Å²) >= 11 is 6.08. The van der Waals surface area contributed by atoms with E-state index in [1.165, 1.54) is 47.0 Å². The Morgan fingerprint density at radius 1 is 0.659 bits per heavy atom. The lowest BCUT2D eigenvalue weighted by Crippen LogP contribution is -2.32. The van der Waals surface area contributed by atoms with Gasteiger partial charge in [0.1, 0.15) is 47.1 Å². The van der Waals surface area contributed by atoms with Gasteiger partial charge < -0.3 is 28.4 Å². The predicted octanol–water partition coefficient (Wildman–Crippen LogP) is 4.49. The second-order valence-corrected chi connectivity index (χ2v) is 14.6. The van der Waals surface area contributed by atoms with Crippen LogP contribution in [0.3, 0.4) is 0 Å². The molecule has 2 aliphatic rings. The third-order valence-corrected chi connectivity index (χ3v) is 11.9. The second-order valence-electron chi connectivity index (χ2n) is 9.16. The molecule has 2 unspecified atom stereocenters. The molecule has 0 aromatic heterocycles. The van der Waals surface area contributed by atoms with E-state index in [0.717, 1.165) is 35.2 Å². The first-order chi connectivity index (χ1) is 21.4. The summed E-state index contributed by atoms with van der Waals surface area (Å²) in [6.45, 7) is 6.37. The molecular formula is C30H32O10S4. The summed E-state index contributed by atoms with van der Waals surface area (Å²) in [5.74, 6) is 2.41. The van der Waals surface area contributed by atoms with Gasteiger partial charge in [-0.2, -0.15) is 0 Å². The van der Waals surface area contributed by atoms with Crippen molar-refractivity contribution in [2.75, 3.05) is 49.4 Å². The van der Waals surface area contributed by atoms with E-state index in [1.807, 2.05) is 12.1 Å². The number of fused-ring (bicyclic) bond motifs is 1. The van der Waals surface area contributed by atoms with E-state index in [4.69, 9.17) is 28.4 Å². The average molecular weight is 681 g/mol. The van der Waals surface area contributed by atoms with Crippen LogP contribution >= 0.6 is 47.0 Å². The SMILES string of the molecule is C=CC(=O)OC(COC(=O)C1SCCS1)COc1cccc2c(OCC(COC(=O)C3SCCS3)OC(=O)C=C)cccc12. The first kappa shape index (κ1) is 33.9. The van der Waals surface area contributed by atoms with Crippen molar-refractivity contribution >= 4 is 81.7 Å². The van der Waals surface area contributed by atoms with Crippen molar-refractivity contribution in [3.8, 4) is 11.5 Å². The van der Waals surface area contributed by atoms with Crippen molar-refractivity contribution in [2.24, 2.45) is 0 Å². The van der Waals surface area contributed by atoms with Crippen LogP contribution in [0.4, 0.5) is 0 Å². The van der Waals surface area contributed by atoms with Crippen LogP contribution in [0.25, 0.3) is 10.8 Å². The van der Waals surface area contributed by atoms with Gasteiger partial charge in [-0.1, -0.05) is 37.4 Å². The minimum absolute atomic E-state index is 0.0788. The lowest BCUT2D eigenvalue weighted by atomic mass is 10.1. The van der Waals surface area contributed by atoms with Crippen LogP contribution in [0.1, 0.15) is 0 Å². The molecule has 2 fully saturated rings. The molecule has 236 valence electrons. The van der Waals surface area contributed by atoms with Gasteiger partial charge >= 0.3 is 23.9 Å². The lowest BCUT2D eigenvalue weighted by Gasteiger charge is -2.20. The number of rotatable bonds is 16. The topological polar surface area (TPSA) is 124 Å². The van der Waals surface area contributed by atoms with Crippen molar-refractivity contribution in [3.05, 3.63) is 61.7 Å². The van der Waals surface area contributed by atoms with E-state index in [9.17, 15) is 19.2 Å². The summed E-state index contributed by atoms with van der Waals surface area (Å²) in [7, 11) is 0. The van der Waals surface area contributed by atoms with Crippen LogP contribution in [-0.2, 0) is 38.1 Å². The minimum Gasteiger partial charge on any atom is -0.489 e. The molecule has 2 saturated heterocycles. The molecule has 0 N–H and O–H groups in total. The van der Waals surface area contributed by atoms with Crippen molar-refractivity contribution in [3.63, 3.8) is 0 Å². The molecule has 0 aliphatic carbocycles. The fourth-order valence-electron chi connectivity index (χ4n) is 4.00. The van der Waals surface area contributed by atoms with Crippen molar-refractivity contribution in [1.82, 2.24) is 0 Å². The van der Waals surface area contributed by atoms with Gasteiger partial charge in [0.15, 0.2) is 12.2 Å². The van der Waals surface area contributed by atoms with Crippen LogP contribution < -0.4 is 9.47 Å². The second kappa shape index (κ2) is 17.5. The summed E-state index contributed by atoms with van der Waals surface area (Å²) in [4.78, 5) is 48.6. The normalized spacial score (nSPS) is 16.5. The number of thioether (sulfide) groups is 4. The van der Waals surface area contributed by atoms with E-state index in [1.54, 1.807) is 24.3 Å². The van der Waals surface area contributed by atoms with Crippen molar-refractivity contribution in [2.45, 2.75) is 21.4 Å². The Bertz CT molecular complexity index is 1240. The van der Waals surface area contributed by atoms with Crippen LogP contribution in [0.15, 0.2) is 61.7 Å². The van der Waals surface area contributed by atoms with Gasteiger partial charge in [0.2, 0.25) is 0 Å². The molecule has 4 rings (SSSR count). The largest absolute Gasteiger partial charge is 0.489 e. The number of benzene rings is 2. The monoisotopic (exact) mass is 680 g/mol. The van der Waals surface area contributed by atoms with E-state index in [2.05, 4.69) is 13.2 Å². The molecule has 10 nitrogen and oxygen atoms in total. The molecule has 14 heteroatoms. The molecule has 2 aliphatic heterocycles. The molecule has 2 heterocycles. The molecule has 0 amide bonds. The lowest BCUT2D eigenvalue weighted by molar-refractivity contribution is -0.156. The van der Waals surface area contributed by atoms with E-state index < -0.39 is 24.1 Å².